The average molecular weight is 575 g/mol. The summed E-state index contributed by atoms with van der Waals surface area (Å²) in [6.45, 7) is 7.83. The number of hydrogen-bond donors (Lipinski definition) is 0. The summed E-state index contributed by atoms with van der Waals surface area (Å²) in [6.07, 6.45) is 19.5. The molecule has 3 heteroatoms. The molecule has 0 aromatic heterocycles. The van der Waals surface area contributed by atoms with Crippen molar-refractivity contribution in [1.82, 2.24) is 0 Å². The first-order valence-corrected chi connectivity index (χ1v) is 17.4. The van der Waals surface area contributed by atoms with Gasteiger partial charge in [-0.3, -0.25) is 0 Å². The molecule has 0 saturated heterocycles. The number of aryl methyl sites for hydroxylation is 3. The second-order valence-electron chi connectivity index (χ2n) is 11.2. The van der Waals surface area contributed by atoms with Gasteiger partial charge in [0.05, 0.1) is 10.9 Å². The Hall–Kier alpha value is -2.52. The number of carboxylic acid groups (broad SMARTS) is 1. The van der Waals surface area contributed by atoms with Crippen molar-refractivity contribution in [2.75, 3.05) is 0 Å². The SMILES string of the molecule is CC(=O)[O-].CCCCCCc1ccc([S+](c2ccc(CCCCCC)cc2)c2ccc(CCCCCC)cc2)cc1. The molecule has 0 heterocycles. The van der Waals surface area contributed by atoms with Gasteiger partial charge in [-0.15, -0.1) is 0 Å². The lowest BCUT2D eigenvalue weighted by Gasteiger charge is -2.11. The molecule has 0 unspecified atom stereocenters. The number of carbonyl (C=O) groups excluding carboxylic acids is 1. The van der Waals surface area contributed by atoms with Gasteiger partial charge in [0, 0.05) is 5.97 Å². The van der Waals surface area contributed by atoms with E-state index < -0.39 is 5.97 Å². The predicted octanol–water partition coefficient (Wildman–Crippen LogP) is 9.91. The highest BCUT2D eigenvalue weighted by molar-refractivity contribution is 7.97. The second kappa shape index (κ2) is 21.2. The minimum Gasteiger partial charge on any atom is -0.550 e. The first-order chi connectivity index (χ1) is 20.0. The van der Waals surface area contributed by atoms with E-state index in [9.17, 15) is 0 Å². The van der Waals surface area contributed by atoms with Crippen LogP contribution >= 0.6 is 0 Å². The lowest BCUT2D eigenvalue weighted by Crippen LogP contribution is -2.16. The Balaban J connectivity index is 0.00000138. The molecular formula is C38H54O2S. The zero-order valence-electron chi connectivity index (χ0n) is 26.3. The Morgan fingerprint density at radius 2 is 0.732 bits per heavy atom. The molecule has 224 valence electrons. The van der Waals surface area contributed by atoms with Crippen LogP contribution in [0.25, 0.3) is 0 Å². The molecule has 0 aliphatic carbocycles. The first kappa shape index (κ1) is 34.7. The number of aliphatic carboxylic acids is 1. The third-order valence-corrected chi connectivity index (χ3v) is 9.66. The van der Waals surface area contributed by atoms with Crippen LogP contribution in [0.4, 0.5) is 0 Å². The summed E-state index contributed by atoms with van der Waals surface area (Å²) < 4.78 is 0. The van der Waals surface area contributed by atoms with Crippen molar-refractivity contribution in [3.8, 4) is 0 Å². The van der Waals surface area contributed by atoms with Gasteiger partial charge in [-0.05, 0) is 98.5 Å². The third-order valence-electron chi connectivity index (χ3n) is 7.43. The van der Waals surface area contributed by atoms with Gasteiger partial charge in [0.2, 0.25) is 0 Å². The summed E-state index contributed by atoms with van der Waals surface area (Å²) in [6, 6.07) is 28.7. The van der Waals surface area contributed by atoms with Gasteiger partial charge in [-0.25, -0.2) is 0 Å². The van der Waals surface area contributed by atoms with Crippen LogP contribution in [0.1, 0.15) is 121 Å². The van der Waals surface area contributed by atoms with Gasteiger partial charge in [0.15, 0.2) is 14.7 Å². The number of benzene rings is 3. The molecule has 3 aromatic carbocycles. The lowest BCUT2D eigenvalue weighted by atomic mass is 10.1. The highest BCUT2D eigenvalue weighted by Crippen LogP contribution is 2.32. The monoisotopic (exact) mass is 574 g/mol. The summed E-state index contributed by atoms with van der Waals surface area (Å²) in [4.78, 5) is 13.2. The van der Waals surface area contributed by atoms with Crippen molar-refractivity contribution in [3.63, 3.8) is 0 Å². The molecule has 0 atom stereocenters. The molecule has 0 saturated carbocycles. The van der Waals surface area contributed by atoms with E-state index >= 15 is 0 Å². The smallest absolute Gasteiger partial charge is 0.166 e. The number of rotatable bonds is 18. The van der Waals surface area contributed by atoms with Crippen molar-refractivity contribution in [2.45, 2.75) is 139 Å². The van der Waals surface area contributed by atoms with Crippen LogP contribution in [0, 0.1) is 0 Å². The molecule has 0 spiro atoms. The van der Waals surface area contributed by atoms with E-state index in [2.05, 4.69) is 93.6 Å². The van der Waals surface area contributed by atoms with E-state index in [-0.39, 0.29) is 10.9 Å². The molecule has 0 aliphatic rings. The molecule has 41 heavy (non-hydrogen) atoms. The van der Waals surface area contributed by atoms with Gasteiger partial charge >= 0.3 is 0 Å². The number of hydrogen-bond acceptors (Lipinski definition) is 2. The largest absolute Gasteiger partial charge is 0.550 e. The molecule has 0 N–H and O–H groups in total. The lowest BCUT2D eigenvalue weighted by molar-refractivity contribution is -0.302. The molecule has 2 nitrogen and oxygen atoms in total. The van der Waals surface area contributed by atoms with E-state index in [1.54, 1.807) is 0 Å². The van der Waals surface area contributed by atoms with Crippen molar-refractivity contribution in [3.05, 3.63) is 89.5 Å². The topological polar surface area (TPSA) is 40.1 Å². The Bertz CT molecular complexity index is 935. The molecular weight excluding hydrogens is 520 g/mol. The summed E-state index contributed by atoms with van der Waals surface area (Å²) in [5.41, 5.74) is 4.44. The van der Waals surface area contributed by atoms with Crippen LogP contribution in [-0.4, -0.2) is 5.97 Å². The minimum absolute atomic E-state index is 0.0657. The highest BCUT2D eigenvalue weighted by Gasteiger charge is 2.28. The van der Waals surface area contributed by atoms with Crippen LogP contribution in [0.15, 0.2) is 87.5 Å². The molecule has 0 bridgehead atoms. The van der Waals surface area contributed by atoms with Crippen molar-refractivity contribution in [2.24, 2.45) is 0 Å². The third kappa shape index (κ3) is 14.3. The van der Waals surface area contributed by atoms with Crippen LogP contribution < -0.4 is 5.11 Å². The fourth-order valence-electron chi connectivity index (χ4n) is 5.05. The van der Waals surface area contributed by atoms with Gasteiger partial charge in [0.1, 0.15) is 0 Å². The maximum absolute atomic E-state index is 8.89. The highest BCUT2D eigenvalue weighted by atomic mass is 32.2. The van der Waals surface area contributed by atoms with Gasteiger partial charge < -0.3 is 9.90 Å². The molecule has 0 amide bonds. The molecule has 0 aliphatic heterocycles. The fourth-order valence-corrected chi connectivity index (χ4v) is 7.09. The summed E-state index contributed by atoms with van der Waals surface area (Å²) >= 11 is 0. The van der Waals surface area contributed by atoms with Crippen LogP contribution in [0.2, 0.25) is 0 Å². The van der Waals surface area contributed by atoms with Crippen molar-refractivity contribution >= 4 is 16.9 Å². The number of unbranched alkanes of at least 4 members (excludes halogenated alkanes) is 9. The second-order valence-corrected chi connectivity index (χ2v) is 13.2. The standard InChI is InChI=1S/C36H51S.C2H4O2/c1-4-7-10-13-16-31-19-25-34(26-20-31)37(35-27-21-32(22-28-35)17-14-11-8-5-2)36-29-23-33(24-30-36)18-15-12-9-6-3;1-2(3)4/h19-30H,4-18H2,1-3H3;1H3,(H,3,4)/q+1;/p-1. The molecule has 3 rings (SSSR count). The normalized spacial score (nSPS) is 10.9. The zero-order valence-corrected chi connectivity index (χ0v) is 27.1. The van der Waals surface area contributed by atoms with Crippen LogP contribution in [0.5, 0.6) is 0 Å². The average Bonchev–Trinajstić information content (AvgIpc) is 2.98. The van der Waals surface area contributed by atoms with E-state index in [4.69, 9.17) is 9.90 Å². The first-order valence-electron chi connectivity index (χ1n) is 16.2. The Kier molecular flexibility index (Phi) is 18.0. The van der Waals surface area contributed by atoms with Crippen LogP contribution in [-0.2, 0) is 35.0 Å². The van der Waals surface area contributed by atoms with Gasteiger partial charge in [0.25, 0.3) is 0 Å². The molecule has 3 aromatic rings. The fraction of sp³-hybridized carbons (Fsp3) is 0.500. The van der Waals surface area contributed by atoms with E-state index in [1.807, 2.05) is 0 Å². The summed E-state index contributed by atoms with van der Waals surface area (Å²) in [5.74, 6) is -1.08. The Labute approximate surface area is 254 Å². The van der Waals surface area contributed by atoms with Crippen LogP contribution in [0.3, 0.4) is 0 Å². The number of carboxylic acids is 1. The summed E-state index contributed by atoms with van der Waals surface area (Å²) in [7, 11) is -0.0657. The van der Waals surface area contributed by atoms with E-state index in [0.29, 0.717) is 0 Å². The van der Waals surface area contributed by atoms with Crippen molar-refractivity contribution < 1.29 is 9.90 Å². The van der Waals surface area contributed by atoms with E-state index in [1.165, 1.54) is 128 Å². The minimum atomic E-state index is -1.08. The maximum atomic E-state index is 8.89. The number of carbonyl (C=O) groups is 1. The van der Waals surface area contributed by atoms with Gasteiger partial charge in [-0.1, -0.05) is 115 Å². The predicted molar refractivity (Wildman–Crippen MR) is 176 cm³/mol. The summed E-state index contributed by atoms with van der Waals surface area (Å²) in [5, 5.41) is 8.89. The Morgan fingerprint density at radius 1 is 0.488 bits per heavy atom. The van der Waals surface area contributed by atoms with E-state index in [0.717, 1.165) is 6.92 Å². The maximum Gasteiger partial charge on any atom is 0.166 e. The zero-order chi connectivity index (χ0) is 29.7. The molecule has 0 radical (unpaired) electrons. The van der Waals surface area contributed by atoms with Gasteiger partial charge in [-0.2, -0.15) is 0 Å². The Morgan fingerprint density at radius 3 is 0.951 bits per heavy atom. The molecule has 0 fully saturated rings. The van der Waals surface area contributed by atoms with Crippen molar-refractivity contribution in [1.29, 1.82) is 0 Å². The quantitative estimate of drug-likeness (QED) is 0.112.